The molecule has 0 aliphatic rings. The van der Waals surface area contributed by atoms with E-state index in [1.54, 1.807) is 46.9 Å². The summed E-state index contributed by atoms with van der Waals surface area (Å²) in [5, 5.41) is 9.67. The molecule has 2 heterocycles. The van der Waals surface area contributed by atoms with Crippen LogP contribution in [0, 0.1) is 0 Å². The van der Waals surface area contributed by atoms with Crippen molar-refractivity contribution in [2.24, 2.45) is 0 Å². The topological polar surface area (TPSA) is 58.2 Å². The van der Waals surface area contributed by atoms with Gasteiger partial charge in [0, 0.05) is 20.9 Å². The summed E-state index contributed by atoms with van der Waals surface area (Å²) in [6.45, 7) is 0.983. The van der Waals surface area contributed by atoms with E-state index in [2.05, 4.69) is 10.6 Å². The molecule has 0 saturated heterocycles. The van der Waals surface area contributed by atoms with Crippen LogP contribution in [0.4, 0.5) is 0 Å². The van der Waals surface area contributed by atoms with Crippen LogP contribution in [0.3, 0.4) is 0 Å². The monoisotopic (exact) mass is 356 g/mol. The van der Waals surface area contributed by atoms with Gasteiger partial charge in [-0.2, -0.15) is 0 Å². The van der Waals surface area contributed by atoms with Gasteiger partial charge in [-0.1, -0.05) is 18.2 Å². The Morgan fingerprint density at radius 1 is 0.750 bits per heavy atom. The normalized spacial score (nSPS) is 10.3. The third-order valence-corrected chi connectivity index (χ3v) is 5.15. The van der Waals surface area contributed by atoms with Gasteiger partial charge in [-0.05, 0) is 41.1 Å². The molecule has 0 spiro atoms. The van der Waals surface area contributed by atoms with Gasteiger partial charge in [0.2, 0.25) is 0 Å². The second-order valence-electron chi connectivity index (χ2n) is 5.10. The molecular formula is C18H16N2O2S2. The number of amides is 2. The number of nitrogens with one attached hydrogen (secondary N) is 2. The molecule has 0 saturated carbocycles. The van der Waals surface area contributed by atoms with E-state index in [4.69, 9.17) is 0 Å². The van der Waals surface area contributed by atoms with Gasteiger partial charge in [0.1, 0.15) is 0 Å². The van der Waals surface area contributed by atoms with Gasteiger partial charge in [0.15, 0.2) is 0 Å². The van der Waals surface area contributed by atoms with E-state index in [0.29, 0.717) is 24.2 Å². The van der Waals surface area contributed by atoms with Gasteiger partial charge in [0.05, 0.1) is 13.1 Å². The Morgan fingerprint density at radius 3 is 1.67 bits per heavy atom. The van der Waals surface area contributed by atoms with Crippen molar-refractivity contribution in [3.63, 3.8) is 0 Å². The smallest absolute Gasteiger partial charge is 0.251 e. The molecule has 6 heteroatoms. The van der Waals surface area contributed by atoms with Gasteiger partial charge in [-0.3, -0.25) is 9.59 Å². The second-order valence-corrected chi connectivity index (χ2v) is 7.17. The summed E-state index contributed by atoms with van der Waals surface area (Å²) in [6, 6.07) is 14.6. The maximum atomic E-state index is 12.2. The van der Waals surface area contributed by atoms with Crippen LogP contribution in [0.15, 0.2) is 59.3 Å². The van der Waals surface area contributed by atoms with Crippen molar-refractivity contribution in [1.29, 1.82) is 0 Å². The molecule has 0 aliphatic carbocycles. The Balaban J connectivity index is 1.60. The molecule has 2 aromatic heterocycles. The molecular weight excluding hydrogens is 340 g/mol. The first-order chi connectivity index (χ1) is 11.7. The van der Waals surface area contributed by atoms with E-state index in [1.165, 1.54) is 0 Å². The van der Waals surface area contributed by atoms with Crippen molar-refractivity contribution in [1.82, 2.24) is 10.6 Å². The zero-order chi connectivity index (χ0) is 16.8. The lowest BCUT2D eigenvalue weighted by Gasteiger charge is -2.07. The fourth-order valence-corrected chi connectivity index (χ4v) is 3.46. The highest BCUT2D eigenvalue weighted by Crippen LogP contribution is 2.11. The standard InChI is InChI=1S/C18H16N2O2S2/c21-17(19-11-15-6-2-8-23-15)13-4-1-5-14(10-13)18(22)20-12-16-7-3-9-24-16/h1-10H,11-12H2,(H,19,21)(H,20,22). The molecule has 122 valence electrons. The summed E-state index contributed by atoms with van der Waals surface area (Å²) < 4.78 is 0. The van der Waals surface area contributed by atoms with Crippen molar-refractivity contribution in [3.05, 3.63) is 80.2 Å². The first-order valence-corrected chi connectivity index (χ1v) is 9.19. The zero-order valence-electron chi connectivity index (χ0n) is 12.8. The van der Waals surface area contributed by atoms with E-state index in [1.807, 2.05) is 35.0 Å². The summed E-state index contributed by atoms with van der Waals surface area (Å²) in [5.41, 5.74) is 0.964. The Kier molecular flexibility index (Phi) is 5.40. The van der Waals surface area contributed by atoms with Gasteiger partial charge < -0.3 is 10.6 Å². The molecule has 0 aliphatic heterocycles. The quantitative estimate of drug-likeness (QED) is 0.708. The van der Waals surface area contributed by atoms with E-state index >= 15 is 0 Å². The third-order valence-electron chi connectivity index (χ3n) is 3.39. The van der Waals surface area contributed by atoms with Crippen LogP contribution in [0.25, 0.3) is 0 Å². The van der Waals surface area contributed by atoms with Gasteiger partial charge in [0.25, 0.3) is 11.8 Å². The van der Waals surface area contributed by atoms with Crippen LogP contribution in [0.2, 0.25) is 0 Å². The number of hydrogen-bond acceptors (Lipinski definition) is 4. The fraction of sp³-hybridized carbons (Fsp3) is 0.111. The van der Waals surface area contributed by atoms with E-state index in [9.17, 15) is 9.59 Å². The summed E-state index contributed by atoms with van der Waals surface area (Å²) in [4.78, 5) is 26.6. The van der Waals surface area contributed by atoms with Gasteiger partial charge in [-0.15, -0.1) is 22.7 Å². The third kappa shape index (κ3) is 4.31. The van der Waals surface area contributed by atoms with Crippen molar-refractivity contribution in [2.45, 2.75) is 13.1 Å². The Hall–Kier alpha value is -2.44. The van der Waals surface area contributed by atoms with Crippen molar-refractivity contribution in [3.8, 4) is 0 Å². The molecule has 24 heavy (non-hydrogen) atoms. The Labute approximate surface area is 148 Å². The summed E-state index contributed by atoms with van der Waals surface area (Å²) in [7, 11) is 0. The lowest BCUT2D eigenvalue weighted by atomic mass is 10.1. The van der Waals surface area contributed by atoms with Crippen LogP contribution in [-0.4, -0.2) is 11.8 Å². The number of rotatable bonds is 6. The SMILES string of the molecule is O=C(NCc1cccs1)c1cccc(C(=O)NCc2cccs2)c1. The molecule has 1 aromatic carbocycles. The van der Waals surface area contributed by atoms with Crippen LogP contribution in [-0.2, 0) is 13.1 Å². The molecule has 0 atom stereocenters. The number of carbonyl (C=O) groups excluding carboxylic acids is 2. The molecule has 0 radical (unpaired) electrons. The van der Waals surface area contributed by atoms with Crippen LogP contribution in [0.1, 0.15) is 30.5 Å². The predicted molar refractivity (Wildman–Crippen MR) is 97.4 cm³/mol. The maximum absolute atomic E-state index is 12.2. The number of benzene rings is 1. The van der Waals surface area contributed by atoms with Crippen molar-refractivity contribution >= 4 is 34.5 Å². The maximum Gasteiger partial charge on any atom is 0.251 e. The lowest BCUT2D eigenvalue weighted by molar-refractivity contribution is 0.0950. The van der Waals surface area contributed by atoms with Gasteiger partial charge in [-0.25, -0.2) is 0 Å². The molecule has 0 fully saturated rings. The lowest BCUT2D eigenvalue weighted by Crippen LogP contribution is -2.25. The zero-order valence-corrected chi connectivity index (χ0v) is 14.5. The first-order valence-electron chi connectivity index (χ1n) is 7.43. The van der Waals surface area contributed by atoms with E-state index in [0.717, 1.165) is 9.75 Å². The van der Waals surface area contributed by atoms with Crippen molar-refractivity contribution < 1.29 is 9.59 Å². The molecule has 2 amide bonds. The second kappa shape index (κ2) is 7.90. The van der Waals surface area contributed by atoms with Crippen molar-refractivity contribution in [2.75, 3.05) is 0 Å². The molecule has 3 aromatic rings. The van der Waals surface area contributed by atoms with Crippen LogP contribution in [0.5, 0.6) is 0 Å². The minimum absolute atomic E-state index is 0.184. The summed E-state index contributed by atoms with van der Waals surface area (Å²) in [5.74, 6) is -0.368. The highest BCUT2D eigenvalue weighted by atomic mass is 32.1. The van der Waals surface area contributed by atoms with Crippen LogP contribution >= 0.6 is 22.7 Å². The number of carbonyl (C=O) groups is 2. The molecule has 3 rings (SSSR count). The highest BCUT2D eigenvalue weighted by molar-refractivity contribution is 7.10. The number of hydrogen-bond donors (Lipinski definition) is 2. The fourth-order valence-electron chi connectivity index (χ4n) is 2.17. The molecule has 0 unspecified atom stereocenters. The average Bonchev–Trinajstić information content (AvgIpc) is 3.31. The number of thiophene rings is 2. The van der Waals surface area contributed by atoms with Crippen LogP contribution < -0.4 is 10.6 Å². The molecule has 4 nitrogen and oxygen atoms in total. The minimum Gasteiger partial charge on any atom is -0.347 e. The molecule has 0 bridgehead atoms. The summed E-state index contributed by atoms with van der Waals surface area (Å²) >= 11 is 3.19. The minimum atomic E-state index is -0.184. The highest BCUT2D eigenvalue weighted by Gasteiger charge is 2.10. The Morgan fingerprint density at radius 2 is 1.25 bits per heavy atom. The average molecular weight is 356 g/mol. The molecule has 2 N–H and O–H groups in total. The Bertz CT molecular complexity index is 746. The van der Waals surface area contributed by atoms with E-state index in [-0.39, 0.29) is 11.8 Å². The first kappa shape index (κ1) is 16.4. The predicted octanol–water partition coefficient (Wildman–Crippen LogP) is 3.67. The van der Waals surface area contributed by atoms with E-state index < -0.39 is 0 Å². The van der Waals surface area contributed by atoms with Gasteiger partial charge >= 0.3 is 0 Å². The largest absolute Gasteiger partial charge is 0.347 e. The summed E-state index contributed by atoms with van der Waals surface area (Å²) in [6.07, 6.45) is 0.